The van der Waals surface area contributed by atoms with Crippen molar-refractivity contribution in [3.05, 3.63) is 59.9 Å². The Balaban J connectivity index is 1.85. The Morgan fingerprint density at radius 2 is 1.95 bits per heavy atom. The van der Waals surface area contributed by atoms with Crippen LogP contribution in [0.1, 0.15) is 24.4 Å². The van der Waals surface area contributed by atoms with E-state index in [0.717, 1.165) is 22.6 Å². The van der Waals surface area contributed by atoms with E-state index in [1.165, 1.54) is 5.56 Å². The molecule has 1 heterocycles. The number of benzene rings is 2. The number of hydrogen-bond donors (Lipinski definition) is 1. The average Bonchev–Trinajstić information content (AvgIpc) is 2.82. The van der Waals surface area contributed by atoms with Gasteiger partial charge in [-0.2, -0.15) is 0 Å². The van der Waals surface area contributed by atoms with Crippen molar-refractivity contribution >= 4 is 11.0 Å². The first-order chi connectivity index (χ1) is 9.22. The second-order valence-corrected chi connectivity index (χ2v) is 4.72. The normalized spacial score (nSPS) is 12.5. The van der Waals surface area contributed by atoms with E-state index in [2.05, 4.69) is 23.0 Å². The number of para-hydroxylation sites is 2. The predicted molar refractivity (Wildman–Crippen MR) is 76.3 cm³/mol. The molecule has 19 heavy (non-hydrogen) atoms. The number of hydrogen-bond acceptors (Lipinski definition) is 2. The fraction of sp³-hybridized carbons (Fsp3) is 0.188. The molecular weight excluding hydrogens is 236 g/mol. The molecule has 3 nitrogen and oxygen atoms in total. The van der Waals surface area contributed by atoms with Crippen LogP contribution in [0, 0.1) is 6.92 Å². The first kappa shape index (κ1) is 11.8. The smallest absolute Gasteiger partial charge is 0.153 e. The number of nitrogens with one attached hydrogen (secondary N) is 1. The molecule has 0 amide bonds. The molecule has 3 rings (SSSR count). The molecule has 0 aliphatic rings. The van der Waals surface area contributed by atoms with Gasteiger partial charge in [-0.15, -0.1) is 0 Å². The minimum Gasteiger partial charge on any atom is -0.483 e. The summed E-state index contributed by atoms with van der Waals surface area (Å²) in [5.74, 6) is 1.72. The number of rotatable bonds is 3. The van der Waals surface area contributed by atoms with Crippen LogP contribution >= 0.6 is 0 Å². The molecule has 1 unspecified atom stereocenters. The summed E-state index contributed by atoms with van der Waals surface area (Å²) in [6, 6.07) is 16.0. The summed E-state index contributed by atoms with van der Waals surface area (Å²) in [7, 11) is 0. The largest absolute Gasteiger partial charge is 0.483 e. The van der Waals surface area contributed by atoms with Crippen LogP contribution in [-0.2, 0) is 0 Å². The van der Waals surface area contributed by atoms with Gasteiger partial charge >= 0.3 is 0 Å². The van der Waals surface area contributed by atoms with E-state index < -0.39 is 0 Å². The summed E-state index contributed by atoms with van der Waals surface area (Å²) in [5, 5.41) is 0. The van der Waals surface area contributed by atoms with Gasteiger partial charge in [-0.25, -0.2) is 4.98 Å². The highest BCUT2D eigenvalue weighted by atomic mass is 16.5. The quantitative estimate of drug-likeness (QED) is 0.764. The summed E-state index contributed by atoms with van der Waals surface area (Å²) < 4.78 is 5.92. The van der Waals surface area contributed by atoms with Crippen molar-refractivity contribution in [1.82, 2.24) is 9.97 Å². The Bertz CT molecular complexity index is 670. The average molecular weight is 252 g/mol. The molecule has 0 bridgehead atoms. The third-order valence-electron chi connectivity index (χ3n) is 3.10. The van der Waals surface area contributed by atoms with Gasteiger partial charge < -0.3 is 9.72 Å². The highest BCUT2D eigenvalue weighted by Gasteiger charge is 2.12. The Kier molecular flexibility index (Phi) is 2.95. The fourth-order valence-electron chi connectivity index (χ4n) is 2.11. The van der Waals surface area contributed by atoms with Gasteiger partial charge in [-0.3, -0.25) is 0 Å². The number of aromatic nitrogens is 2. The molecule has 1 atom stereocenters. The Morgan fingerprint density at radius 1 is 1.11 bits per heavy atom. The SMILES string of the molecule is Cc1cccc(OC(C)c2nc3ccccc3[nH]2)c1. The van der Waals surface area contributed by atoms with Gasteiger partial charge in [0.1, 0.15) is 11.6 Å². The van der Waals surface area contributed by atoms with Crippen molar-refractivity contribution in [1.29, 1.82) is 0 Å². The van der Waals surface area contributed by atoms with Crippen LogP contribution in [-0.4, -0.2) is 9.97 Å². The molecule has 0 radical (unpaired) electrons. The van der Waals surface area contributed by atoms with Crippen LogP contribution in [0.15, 0.2) is 48.5 Å². The molecule has 0 aliphatic heterocycles. The van der Waals surface area contributed by atoms with Crippen molar-refractivity contribution in [2.24, 2.45) is 0 Å². The zero-order chi connectivity index (χ0) is 13.2. The minimum absolute atomic E-state index is 0.103. The van der Waals surface area contributed by atoms with Crippen molar-refractivity contribution in [3.63, 3.8) is 0 Å². The number of nitrogens with zero attached hydrogens (tertiary/aromatic N) is 1. The lowest BCUT2D eigenvalue weighted by Crippen LogP contribution is -2.05. The number of ether oxygens (including phenoxy) is 1. The van der Waals surface area contributed by atoms with Crippen LogP contribution in [0.4, 0.5) is 0 Å². The molecule has 0 saturated carbocycles. The van der Waals surface area contributed by atoms with Gasteiger partial charge in [0.15, 0.2) is 6.10 Å². The van der Waals surface area contributed by atoms with E-state index in [-0.39, 0.29) is 6.10 Å². The molecule has 1 N–H and O–H groups in total. The molecule has 0 fully saturated rings. The van der Waals surface area contributed by atoms with Gasteiger partial charge in [0.25, 0.3) is 0 Å². The monoisotopic (exact) mass is 252 g/mol. The predicted octanol–water partition coefficient (Wildman–Crippen LogP) is 4.01. The Hall–Kier alpha value is -2.29. The first-order valence-corrected chi connectivity index (χ1v) is 6.40. The molecule has 1 aromatic heterocycles. The minimum atomic E-state index is -0.103. The molecule has 3 aromatic rings. The Labute approximate surface area is 112 Å². The van der Waals surface area contributed by atoms with Crippen LogP contribution < -0.4 is 4.74 Å². The van der Waals surface area contributed by atoms with Crippen molar-refractivity contribution in [3.8, 4) is 5.75 Å². The van der Waals surface area contributed by atoms with Gasteiger partial charge in [0, 0.05) is 0 Å². The third-order valence-corrected chi connectivity index (χ3v) is 3.10. The number of aromatic amines is 1. The number of imidazole rings is 1. The van der Waals surface area contributed by atoms with Crippen molar-refractivity contribution in [2.75, 3.05) is 0 Å². The molecule has 2 aromatic carbocycles. The third kappa shape index (κ3) is 2.45. The van der Waals surface area contributed by atoms with E-state index in [9.17, 15) is 0 Å². The highest BCUT2D eigenvalue weighted by molar-refractivity contribution is 5.74. The van der Waals surface area contributed by atoms with Crippen LogP contribution in [0.3, 0.4) is 0 Å². The van der Waals surface area contributed by atoms with Crippen LogP contribution in [0.5, 0.6) is 5.75 Å². The lowest BCUT2D eigenvalue weighted by Gasteiger charge is -2.12. The molecule has 96 valence electrons. The second-order valence-electron chi connectivity index (χ2n) is 4.72. The Morgan fingerprint density at radius 3 is 2.74 bits per heavy atom. The van der Waals surface area contributed by atoms with Crippen molar-refractivity contribution < 1.29 is 4.74 Å². The lowest BCUT2D eigenvalue weighted by atomic mass is 10.2. The molecule has 3 heteroatoms. The summed E-state index contributed by atoms with van der Waals surface area (Å²) in [5.41, 5.74) is 3.20. The van der Waals surface area contributed by atoms with Crippen molar-refractivity contribution in [2.45, 2.75) is 20.0 Å². The van der Waals surface area contributed by atoms with E-state index >= 15 is 0 Å². The fourth-order valence-corrected chi connectivity index (χ4v) is 2.11. The summed E-state index contributed by atoms with van der Waals surface area (Å²) in [6.45, 7) is 4.05. The van der Waals surface area contributed by atoms with Gasteiger partial charge in [0.05, 0.1) is 11.0 Å². The zero-order valence-corrected chi connectivity index (χ0v) is 11.1. The summed E-state index contributed by atoms with van der Waals surface area (Å²) in [6.07, 6.45) is -0.103. The molecule has 0 aliphatic carbocycles. The van der Waals surface area contributed by atoms with Crippen LogP contribution in [0.2, 0.25) is 0 Å². The molecular formula is C16H16N2O. The summed E-state index contributed by atoms with van der Waals surface area (Å²) in [4.78, 5) is 7.84. The zero-order valence-electron chi connectivity index (χ0n) is 11.1. The second kappa shape index (κ2) is 4.76. The molecule has 0 saturated heterocycles. The first-order valence-electron chi connectivity index (χ1n) is 6.40. The van der Waals surface area contributed by atoms with E-state index in [0.29, 0.717) is 0 Å². The van der Waals surface area contributed by atoms with E-state index in [1.807, 2.05) is 49.4 Å². The maximum Gasteiger partial charge on any atom is 0.153 e. The highest BCUT2D eigenvalue weighted by Crippen LogP contribution is 2.22. The topological polar surface area (TPSA) is 37.9 Å². The number of aryl methyl sites for hydroxylation is 1. The maximum absolute atomic E-state index is 5.92. The maximum atomic E-state index is 5.92. The summed E-state index contributed by atoms with van der Waals surface area (Å²) >= 11 is 0. The lowest BCUT2D eigenvalue weighted by molar-refractivity contribution is 0.218. The standard InChI is InChI=1S/C16H16N2O/c1-11-6-5-7-13(10-11)19-12(2)16-17-14-8-3-4-9-15(14)18-16/h3-10,12H,1-2H3,(H,17,18). The number of H-pyrrole nitrogens is 1. The van der Waals surface area contributed by atoms with E-state index in [1.54, 1.807) is 0 Å². The van der Waals surface area contributed by atoms with Gasteiger partial charge in [0.2, 0.25) is 0 Å². The van der Waals surface area contributed by atoms with Gasteiger partial charge in [-0.05, 0) is 43.7 Å². The molecule has 0 spiro atoms. The van der Waals surface area contributed by atoms with E-state index in [4.69, 9.17) is 4.74 Å². The number of fused-ring (bicyclic) bond motifs is 1. The van der Waals surface area contributed by atoms with Crippen LogP contribution in [0.25, 0.3) is 11.0 Å². The van der Waals surface area contributed by atoms with Gasteiger partial charge in [-0.1, -0.05) is 24.3 Å².